The van der Waals surface area contributed by atoms with Gasteiger partial charge in [-0.2, -0.15) is 0 Å². The number of hydrogen-bond acceptors (Lipinski definition) is 2. The Labute approximate surface area is 89.1 Å². The van der Waals surface area contributed by atoms with Crippen LogP contribution in [0.4, 0.5) is 0 Å². The van der Waals surface area contributed by atoms with Gasteiger partial charge in [-0.15, -0.1) is 0 Å². The predicted octanol–water partition coefficient (Wildman–Crippen LogP) is 0.174. The average Bonchev–Trinajstić information content (AvgIpc) is 1.65. The van der Waals surface area contributed by atoms with E-state index in [1.807, 2.05) is 0 Å². The fourth-order valence-corrected chi connectivity index (χ4v) is 0.249. The van der Waals surface area contributed by atoms with Crippen LogP contribution in [0, 0.1) is 0 Å². The second-order valence-corrected chi connectivity index (χ2v) is 1.33. The first-order valence-electron chi connectivity index (χ1n) is 2.22. The molecule has 0 spiro atoms. The number of carbonyl (C=O) groups excluding carboxylic acids is 2. The molecule has 0 aromatic heterocycles. The van der Waals surface area contributed by atoms with E-state index in [4.69, 9.17) is 0 Å². The van der Waals surface area contributed by atoms with Crippen LogP contribution in [-0.4, -0.2) is 60.4 Å². The molecule has 0 atom stereocenters. The van der Waals surface area contributed by atoms with Crippen LogP contribution >= 0.6 is 0 Å². The topological polar surface area (TPSA) is 34.1 Å². The van der Waals surface area contributed by atoms with E-state index in [0.29, 0.717) is 6.42 Å². The summed E-state index contributed by atoms with van der Waals surface area (Å²) in [6.45, 7) is 2.95. The minimum Gasteiger partial charge on any atom is -0.291 e. The van der Waals surface area contributed by atoms with Crippen molar-refractivity contribution >= 4 is 60.4 Å². The van der Waals surface area contributed by atoms with E-state index in [-0.39, 0.29) is 60.4 Å². The first-order chi connectivity index (χ1) is 3.18. The van der Waals surface area contributed by atoms with Gasteiger partial charge in [0.25, 0.3) is 0 Å². The predicted molar refractivity (Wildman–Crippen MR) is 31.7 cm³/mol. The molecule has 42 valence electrons. The van der Waals surface area contributed by atoms with Gasteiger partial charge in [-0.25, -0.2) is 0 Å². The Bertz CT molecular complexity index is 98.6. The number of Topliss-reactive ketones (excluding diaryl/α,β-unsaturated/α-hetero) is 2. The maximum atomic E-state index is 10.2. The van der Waals surface area contributed by atoms with E-state index in [1.54, 1.807) is 6.92 Å². The molecule has 0 saturated heterocycles. The number of hydrogen-bond donors (Lipinski definition) is 0. The van der Waals surface area contributed by atoms with Crippen LogP contribution in [0.1, 0.15) is 20.3 Å². The number of rotatable bonds is 2. The molecule has 0 saturated carbocycles. The standard InChI is InChI=1S/C5H8O2.Ba/c1-3-5(7)4(2)6;/h3H2,1-2H3;. The average molecular weight is 237 g/mol. The summed E-state index contributed by atoms with van der Waals surface area (Å²) in [7, 11) is 0. The van der Waals surface area contributed by atoms with Gasteiger partial charge in [-0.3, -0.25) is 9.59 Å². The van der Waals surface area contributed by atoms with Gasteiger partial charge in [0.05, 0.1) is 0 Å². The summed E-state index contributed by atoms with van der Waals surface area (Å²) in [6.07, 6.45) is 0.329. The van der Waals surface area contributed by atoms with E-state index in [0.717, 1.165) is 0 Å². The molecular weight excluding hydrogens is 229 g/mol. The molecule has 0 rings (SSSR count). The van der Waals surface area contributed by atoms with E-state index in [9.17, 15) is 9.59 Å². The van der Waals surface area contributed by atoms with E-state index in [2.05, 4.69) is 0 Å². The van der Waals surface area contributed by atoms with Crippen molar-refractivity contribution in [1.29, 1.82) is 0 Å². The van der Waals surface area contributed by atoms with Crippen LogP contribution in [0.3, 0.4) is 0 Å². The maximum absolute atomic E-state index is 10.2. The Kier molecular flexibility index (Phi) is 8.81. The minimum atomic E-state index is -0.345. The molecular formula is C5H8BaO2. The fourth-order valence-electron chi connectivity index (χ4n) is 0.249. The van der Waals surface area contributed by atoms with E-state index >= 15 is 0 Å². The third kappa shape index (κ3) is 5.06. The first kappa shape index (κ1) is 11.7. The Hall–Kier alpha value is 0.911. The molecule has 0 aliphatic rings. The molecule has 0 amide bonds. The number of ketones is 2. The second kappa shape index (κ2) is 6.04. The minimum absolute atomic E-state index is 0. The molecule has 0 N–H and O–H groups in total. The summed E-state index contributed by atoms with van der Waals surface area (Å²) in [6, 6.07) is 0. The molecule has 0 aromatic carbocycles. The normalized spacial score (nSPS) is 7.25. The van der Waals surface area contributed by atoms with Crippen LogP contribution in [0.15, 0.2) is 0 Å². The molecule has 2 radical (unpaired) electrons. The zero-order chi connectivity index (χ0) is 5.86. The zero-order valence-corrected chi connectivity index (χ0v) is 9.67. The molecule has 0 bridgehead atoms. The van der Waals surface area contributed by atoms with Gasteiger partial charge in [0.15, 0.2) is 11.6 Å². The molecule has 0 aliphatic carbocycles. The Morgan fingerprint density at radius 1 is 1.38 bits per heavy atom. The van der Waals surface area contributed by atoms with Crippen molar-refractivity contribution in [2.45, 2.75) is 20.3 Å². The van der Waals surface area contributed by atoms with Gasteiger partial charge >= 0.3 is 0 Å². The summed E-state index contributed by atoms with van der Waals surface area (Å²) in [4.78, 5) is 20.2. The molecule has 0 heterocycles. The molecule has 0 aromatic rings. The van der Waals surface area contributed by atoms with Crippen LogP contribution in [-0.2, 0) is 9.59 Å². The second-order valence-electron chi connectivity index (χ2n) is 1.33. The third-order valence-electron chi connectivity index (χ3n) is 0.714. The van der Waals surface area contributed by atoms with E-state index in [1.165, 1.54) is 6.92 Å². The molecule has 8 heavy (non-hydrogen) atoms. The van der Waals surface area contributed by atoms with Crippen molar-refractivity contribution in [3.8, 4) is 0 Å². The van der Waals surface area contributed by atoms with Crippen molar-refractivity contribution < 1.29 is 9.59 Å². The first-order valence-corrected chi connectivity index (χ1v) is 2.22. The van der Waals surface area contributed by atoms with Crippen LogP contribution in [0.2, 0.25) is 0 Å². The summed E-state index contributed by atoms with van der Waals surface area (Å²) in [5.74, 6) is -0.637. The van der Waals surface area contributed by atoms with Gasteiger partial charge < -0.3 is 0 Å². The maximum Gasteiger partial charge on any atom is 0.197 e. The van der Waals surface area contributed by atoms with E-state index < -0.39 is 0 Å². The van der Waals surface area contributed by atoms with Gasteiger partial charge in [-0.05, 0) is 0 Å². The van der Waals surface area contributed by atoms with Gasteiger partial charge in [0.2, 0.25) is 0 Å². The SMILES string of the molecule is CCC(=O)C(C)=O.[Ba]. The van der Waals surface area contributed by atoms with Crippen molar-refractivity contribution in [2.24, 2.45) is 0 Å². The quantitative estimate of drug-likeness (QED) is 0.507. The largest absolute Gasteiger partial charge is 0.291 e. The van der Waals surface area contributed by atoms with Gasteiger partial charge in [0, 0.05) is 62.2 Å². The van der Waals surface area contributed by atoms with Crippen molar-refractivity contribution in [3.63, 3.8) is 0 Å². The summed E-state index contributed by atoms with van der Waals surface area (Å²) in [5.41, 5.74) is 0. The Balaban J connectivity index is 0. The monoisotopic (exact) mass is 238 g/mol. The molecule has 3 heteroatoms. The third-order valence-corrected chi connectivity index (χ3v) is 0.714. The van der Waals surface area contributed by atoms with Crippen LogP contribution < -0.4 is 0 Å². The smallest absolute Gasteiger partial charge is 0.197 e. The van der Waals surface area contributed by atoms with Crippen LogP contribution in [0.25, 0.3) is 0 Å². The fraction of sp³-hybridized carbons (Fsp3) is 0.600. The summed E-state index contributed by atoms with van der Waals surface area (Å²) in [5, 5.41) is 0. The van der Waals surface area contributed by atoms with Crippen molar-refractivity contribution in [3.05, 3.63) is 0 Å². The van der Waals surface area contributed by atoms with Crippen molar-refractivity contribution in [2.75, 3.05) is 0 Å². The molecule has 0 aliphatic heterocycles. The van der Waals surface area contributed by atoms with Crippen LogP contribution in [0.5, 0.6) is 0 Å². The molecule has 0 fully saturated rings. The number of carbonyl (C=O) groups is 2. The summed E-state index contributed by atoms with van der Waals surface area (Å²) >= 11 is 0. The van der Waals surface area contributed by atoms with Crippen molar-refractivity contribution in [1.82, 2.24) is 0 Å². The Morgan fingerprint density at radius 3 is 1.75 bits per heavy atom. The van der Waals surface area contributed by atoms with Gasteiger partial charge in [0.1, 0.15) is 0 Å². The van der Waals surface area contributed by atoms with Gasteiger partial charge in [-0.1, -0.05) is 6.92 Å². The molecule has 2 nitrogen and oxygen atoms in total. The summed E-state index contributed by atoms with van der Waals surface area (Å²) < 4.78 is 0. The molecule has 0 unspecified atom stereocenters. The zero-order valence-electron chi connectivity index (χ0n) is 5.23. The Morgan fingerprint density at radius 2 is 1.75 bits per heavy atom.